The quantitative estimate of drug-likeness (QED) is 0.857. The monoisotopic (exact) mass is 361 g/mol. The Labute approximate surface area is 152 Å². The van der Waals surface area contributed by atoms with Crippen LogP contribution in [0.1, 0.15) is 19.3 Å². The van der Waals surface area contributed by atoms with Crippen LogP contribution < -0.4 is 10.1 Å². The van der Waals surface area contributed by atoms with Crippen molar-refractivity contribution in [1.29, 1.82) is 0 Å². The minimum absolute atomic E-state index is 0.0434. The standard InChI is InChI=1S/C18H23N3O5/c1-24-11-16(22)21-9-3-8-18(12-21)10-15(20-26-18)17(23)19-13-4-6-14(25-2)7-5-13/h4-7H,3,8-12H2,1-2H3,(H,19,23). The molecule has 2 amide bonds. The number of ether oxygens (including phenoxy) is 2. The number of benzene rings is 1. The van der Waals surface area contributed by atoms with E-state index in [9.17, 15) is 9.59 Å². The van der Waals surface area contributed by atoms with Crippen molar-refractivity contribution in [2.75, 3.05) is 39.2 Å². The highest BCUT2D eigenvalue weighted by Crippen LogP contribution is 2.33. The summed E-state index contributed by atoms with van der Waals surface area (Å²) in [5, 5.41) is 6.80. The second kappa shape index (κ2) is 7.74. The highest BCUT2D eigenvalue weighted by atomic mass is 16.7. The van der Waals surface area contributed by atoms with E-state index >= 15 is 0 Å². The molecule has 1 saturated heterocycles. The molecular formula is C18H23N3O5. The van der Waals surface area contributed by atoms with Gasteiger partial charge in [0.2, 0.25) is 5.91 Å². The van der Waals surface area contributed by atoms with Gasteiger partial charge in [0.1, 0.15) is 18.1 Å². The number of nitrogens with zero attached hydrogens (tertiary/aromatic N) is 2. The van der Waals surface area contributed by atoms with Gasteiger partial charge in [0, 0.05) is 25.8 Å². The predicted molar refractivity (Wildman–Crippen MR) is 95.2 cm³/mol. The largest absolute Gasteiger partial charge is 0.497 e. The number of likely N-dealkylation sites (tertiary alicyclic amines) is 1. The molecule has 0 aliphatic carbocycles. The highest BCUT2D eigenvalue weighted by molar-refractivity contribution is 6.43. The molecular weight excluding hydrogens is 338 g/mol. The van der Waals surface area contributed by atoms with Crippen LogP contribution in [0, 0.1) is 0 Å². The van der Waals surface area contributed by atoms with Crippen molar-refractivity contribution in [3.8, 4) is 5.75 Å². The van der Waals surface area contributed by atoms with Gasteiger partial charge in [0.05, 0.1) is 13.7 Å². The molecule has 0 aromatic heterocycles. The van der Waals surface area contributed by atoms with E-state index in [2.05, 4.69) is 10.5 Å². The van der Waals surface area contributed by atoms with Crippen LogP contribution in [0.25, 0.3) is 0 Å². The molecule has 2 heterocycles. The Morgan fingerprint density at radius 3 is 2.77 bits per heavy atom. The fourth-order valence-corrected chi connectivity index (χ4v) is 3.27. The van der Waals surface area contributed by atoms with Crippen LogP contribution in [-0.4, -0.2) is 61.9 Å². The third-order valence-electron chi connectivity index (χ3n) is 4.61. The summed E-state index contributed by atoms with van der Waals surface area (Å²) in [6.45, 7) is 1.13. The lowest BCUT2D eigenvalue weighted by Gasteiger charge is -2.38. The zero-order chi connectivity index (χ0) is 18.6. The lowest BCUT2D eigenvalue weighted by Crippen LogP contribution is -2.51. The molecule has 0 saturated carbocycles. The Morgan fingerprint density at radius 1 is 1.31 bits per heavy atom. The van der Waals surface area contributed by atoms with Crippen molar-refractivity contribution in [3.05, 3.63) is 24.3 Å². The summed E-state index contributed by atoms with van der Waals surface area (Å²) < 4.78 is 10.0. The zero-order valence-electron chi connectivity index (χ0n) is 15.0. The molecule has 26 heavy (non-hydrogen) atoms. The maximum atomic E-state index is 12.5. The minimum atomic E-state index is -0.617. The average molecular weight is 361 g/mol. The van der Waals surface area contributed by atoms with Gasteiger partial charge in [0.25, 0.3) is 5.91 Å². The van der Waals surface area contributed by atoms with E-state index in [1.54, 1.807) is 36.3 Å². The van der Waals surface area contributed by atoms with E-state index in [0.29, 0.717) is 36.7 Å². The van der Waals surface area contributed by atoms with Crippen LogP contribution in [0.3, 0.4) is 0 Å². The number of amides is 2. The molecule has 140 valence electrons. The van der Waals surface area contributed by atoms with Gasteiger partial charge in [0.15, 0.2) is 5.60 Å². The third-order valence-corrected chi connectivity index (χ3v) is 4.61. The van der Waals surface area contributed by atoms with Gasteiger partial charge < -0.3 is 24.5 Å². The number of rotatable bonds is 5. The first kappa shape index (κ1) is 18.2. The van der Waals surface area contributed by atoms with E-state index in [4.69, 9.17) is 14.3 Å². The van der Waals surface area contributed by atoms with Gasteiger partial charge in [-0.05, 0) is 37.1 Å². The fourth-order valence-electron chi connectivity index (χ4n) is 3.27. The van der Waals surface area contributed by atoms with Crippen molar-refractivity contribution in [3.63, 3.8) is 0 Å². The molecule has 0 radical (unpaired) electrons. The smallest absolute Gasteiger partial charge is 0.273 e. The maximum absolute atomic E-state index is 12.5. The molecule has 1 fully saturated rings. The molecule has 1 unspecified atom stereocenters. The third kappa shape index (κ3) is 3.96. The van der Waals surface area contributed by atoms with Crippen molar-refractivity contribution >= 4 is 23.2 Å². The molecule has 2 aliphatic rings. The van der Waals surface area contributed by atoms with E-state index in [0.717, 1.165) is 12.8 Å². The molecule has 1 N–H and O–H groups in total. The number of hydrogen-bond donors (Lipinski definition) is 1. The molecule has 2 aliphatic heterocycles. The summed E-state index contributed by atoms with van der Waals surface area (Å²) in [6.07, 6.45) is 1.94. The number of carbonyl (C=O) groups excluding carboxylic acids is 2. The number of methoxy groups -OCH3 is 2. The summed E-state index contributed by atoms with van der Waals surface area (Å²) in [7, 11) is 3.08. The van der Waals surface area contributed by atoms with Crippen LogP contribution in [0.5, 0.6) is 5.75 Å². The van der Waals surface area contributed by atoms with Gasteiger partial charge >= 0.3 is 0 Å². The van der Waals surface area contributed by atoms with E-state index in [-0.39, 0.29) is 18.4 Å². The first-order valence-electron chi connectivity index (χ1n) is 8.52. The summed E-state index contributed by atoms with van der Waals surface area (Å²) in [5.74, 6) is 0.338. The van der Waals surface area contributed by atoms with Gasteiger partial charge in [-0.2, -0.15) is 0 Å². The van der Waals surface area contributed by atoms with Crippen molar-refractivity contribution in [2.24, 2.45) is 5.16 Å². The Balaban J connectivity index is 1.59. The van der Waals surface area contributed by atoms with E-state index < -0.39 is 5.60 Å². The Hall–Kier alpha value is -2.61. The Kier molecular flexibility index (Phi) is 5.41. The second-order valence-corrected chi connectivity index (χ2v) is 6.52. The second-order valence-electron chi connectivity index (χ2n) is 6.52. The normalized spacial score (nSPS) is 21.9. The van der Waals surface area contributed by atoms with Crippen molar-refractivity contribution in [2.45, 2.75) is 24.9 Å². The van der Waals surface area contributed by atoms with Gasteiger partial charge in [-0.15, -0.1) is 0 Å². The fraction of sp³-hybridized carbons (Fsp3) is 0.500. The SMILES string of the molecule is COCC(=O)N1CCCC2(CC(C(=O)Nc3ccc(OC)cc3)=NO2)C1. The summed E-state index contributed by atoms with van der Waals surface area (Å²) in [4.78, 5) is 31.9. The van der Waals surface area contributed by atoms with Crippen LogP contribution in [-0.2, 0) is 19.2 Å². The number of oxime groups is 1. The van der Waals surface area contributed by atoms with Crippen LogP contribution in [0.15, 0.2) is 29.4 Å². The molecule has 1 aromatic carbocycles. The van der Waals surface area contributed by atoms with Gasteiger partial charge in [-0.3, -0.25) is 9.59 Å². The molecule has 0 bridgehead atoms. The molecule has 3 rings (SSSR count). The summed E-state index contributed by atoms with van der Waals surface area (Å²) in [5.41, 5.74) is 0.371. The topological polar surface area (TPSA) is 89.5 Å². The summed E-state index contributed by atoms with van der Waals surface area (Å²) >= 11 is 0. The molecule has 8 nitrogen and oxygen atoms in total. The van der Waals surface area contributed by atoms with Crippen LogP contribution in [0.4, 0.5) is 5.69 Å². The van der Waals surface area contributed by atoms with Crippen molar-refractivity contribution in [1.82, 2.24) is 4.90 Å². The Morgan fingerprint density at radius 2 is 2.08 bits per heavy atom. The maximum Gasteiger partial charge on any atom is 0.273 e. The average Bonchev–Trinajstić information content (AvgIpc) is 3.06. The van der Waals surface area contributed by atoms with E-state index in [1.165, 1.54) is 7.11 Å². The zero-order valence-corrected chi connectivity index (χ0v) is 15.0. The molecule has 8 heteroatoms. The minimum Gasteiger partial charge on any atom is -0.497 e. The van der Waals surface area contributed by atoms with Crippen LogP contribution >= 0.6 is 0 Å². The lowest BCUT2D eigenvalue weighted by atomic mass is 9.88. The number of carbonyl (C=O) groups is 2. The van der Waals surface area contributed by atoms with Crippen molar-refractivity contribution < 1.29 is 23.9 Å². The Bertz CT molecular complexity index is 703. The molecule has 1 spiro atoms. The lowest BCUT2D eigenvalue weighted by molar-refractivity contribution is -0.144. The van der Waals surface area contributed by atoms with Gasteiger partial charge in [-0.1, -0.05) is 5.16 Å². The molecule has 1 atom stereocenters. The molecule has 1 aromatic rings. The van der Waals surface area contributed by atoms with E-state index in [1.807, 2.05) is 0 Å². The summed E-state index contributed by atoms with van der Waals surface area (Å²) in [6, 6.07) is 7.05. The number of piperidine rings is 1. The highest BCUT2D eigenvalue weighted by Gasteiger charge is 2.45. The number of hydrogen-bond acceptors (Lipinski definition) is 6. The van der Waals surface area contributed by atoms with Gasteiger partial charge in [-0.25, -0.2) is 0 Å². The number of nitrogens with one attached hydrogen (secondary N) is 1. The first-order valence-corrected chi connectivity index (χ1v) is 8.52. The first-order chi connectivity index (χ1) is 12.5. The predicted octanol–water partition coefficient (Wildman–Crippen LogP) is 1.42. The number of anilines is 1. The van der Waals surface area contributed by atoms with Crippen LogP contribution in [0.2, 0.25) is 0 Å².